The minimum Gasteiger partial charge on any atom is -0.326 e. The summed E-state index contributed by atoms with van der Waals surface area (Å²) in [6.45, 7) is 5.77. The lowest BCUT2D eigenvalue weighted by Crippen LogP contribution is -2.18. The molecule has 0 spiro atoms. The Morgan fingerprint density at radius 1 is 1.30 bits per heavy atom. The van der Waals surface area contributed by atoms with Crippen LogP contribution in [0, 0.1) is 0 Å². The lowest BCUT2D eigenvalue weighted by molar-refractivity contribution is -0.117. The highest BCUT2D eigenvalue weighted by molar-refractivity contribution is 7.10. The minimum absolute atomic E-state index is 0.0352. The van der Waals surface area contributed by atoms with E-state index < -0.39 is 0 Å². The summed E-state index contributed by atoms with van der Waals surface area (Å²) in [5.41, 5.74) is 2.03. The predicted molar refractivity (Wildman–Crippen MR) is 85.2 cm³/mol. The molecule has 0 saturated carbocycles. The van der Waals surface area contributed by atoms with E-state index in [1.54, 1.807) is 11.3 Å². The van der Waals surface area contributed by atoms with E-state index in [0.29, 0.717) is 0 Å². The van der Waals surface area contributed by atoms with E-state index in [4.69, 9.17) is 0 Å². The van der Waals surface area contributed by atoms with Crippen LogP contribution in [0.15, 0.2) is 41.8 Å². The summed E-state index contributed by atoms with van der Waals surface area (Å²) >= 11 is 1.61. The van der Waals surface area contributed by atoms with Gasteiger partial charge in [0.1, 0.15) is 0 Å². The van der Waals surface area contributed by atoms with E-state index in [-0.39, 0.29) is 11.8 Å². The summed E-state index contributed by atoms with van der Waals surface area (Å²) in [6, 6.07) is 11.9. The Bertz CT molecular complexity index is 551. The number of amides is 1. The number of thiophene rings is 1. The van der Waals surface area contributed by atoms with Gasteiger partial charge in [-0.15, -0.1) is 11.3 Å². The molecular formula is C16H20N2OS. The largest absolute Gasteiger partial charge is 0.326 e. The molecule has 0 bridgehead atoms. The van der Waals surface area contributed by atoms with Gasteiger partial charge >= 0.3 is 0 Å². The molecule has 1 unspecified atom stereocenters. The molecule has 0 aliphatic heterocycles. The molecule has 106 valence electrons. The molecule has 2 rings (SSSR count). The van der Waals surface area contributed by atoms with Crippen molar-refractivity contribution in [1.29, 1.82) is 0 Å². The van der Waals surface area contributed by atoms with Crippen molar-refractivity contribution in [2.45, 2.75) is 26.3 Å². The monoisotopic (exact) mass is 288 g/mol. The third-order valence-electron chi connectivity index (χ3n) is 3.14. The predicted octanol–water partition coefficient (Wildman–Crippen LogP) is 3.60. The zero-order valence-corrected chi connectivity index (χ0v) is 12.7. The molecule has 4 heteroatoms. The number of benzene rings is 1. The Morgan fingerprint density at radius 2 is 2.15 bits per heavy atom. The Morgan fingerprint density at radius 3 is 2.85 bits per heavy atom. The number of hydrogen-bond acceptors (Lipinski definition) is 3. The van der Waals surface area contributed by atoms with Crippen LogP contribution in [-0.4, -0.2) is 12.5 Å². The highest BCUT2D eigenvalue weighted by Gasteiger charge is 2.16. The third kappa shape index (κ3) is 3.92. The van der Waals surface area contributed by atoms with E-state index in [1.807, 2.05) is 42.6 Å². The molecule has 1 atom stereocenters. The molecule has 1 amide bonds. The van der Waals surface area contributed by atoms with Crippen LogP contribution < -0.4 is 10.6 Å². The second-order valence-corrected chi connectivity index (χ2v) is 5.69. The van der Waals surface area contributed by atoms with Crippen molar-refractivity contribution in [3.05, 3.63) is 52.2 Å². The first kappa shape index (κ1) is 14.8. The van der Waals surface area contributed by atoms with Gasteiger partial charge in [0.25, 0.3) is 0 Å². The van der Waals surface area contributed by atoms with Crippen LogP contribution in [0.5, 0.6) is 0 Å². The summed E-state index contributed by atoms with van der Waals surface area (Å²) in [7, 11) is 0. The first-order valence-electron chi connectivity index (χ1n) is 6.84. The fraction of sp³-hybridized carbons (Fsp3) is 0.312. The molecule has 1 aromatic heterocycles. The SMILES string of the molecule is CCNCc1cccc(NC(=O)C(C)c2cccs2)c1. The minimum atomic E-state index is -0.118. The molecule has 0 radical (unpaired) electrons. The van der Waals surface area contributed by atoms with Gasteiger partial charge in [-0.1, -0.05) is 25.1 Å². The molecule has 0 aliphatic rings. The average Bonchev–Trinajstić information content (AvgIpc) is 2.98. The van der Waals surface area contributed by atoms with Crippen LogP contribution in [0.1, 0.15) is 30.2 Å². The van der Waals surface area contributed by atoms with Gasteiger partial charge in [0, 0.05) is 17.1 Å². The van der Waals surface area contributed by atoms with Crippen LogP contribution in [-0.2, 0) is 11.3 Å². The third-order valence-corrected chi connectivity index (χ3v) is 4.19. The molecule has 20 heavy (non-hydrogen) atoms. The molecule has 2 N–H and O–H groups in total. The van der Waals surface area contributed by atoms with Gasteiger partial charge in [-0.2, -0.15) is 0 Å². The van der Waals surface area contributed by atoms with Crippen molar-refractivity contribution in [2.75, 3.05) is 11.9 Å². The topological polar surface area (TPSA) is 41.1 Å². The van der Waals surface area contributed by atoms with Gasteiger partial charge in [-0.25, -0.2) is 0 Å². The van der Waals surface area contributed by atoms with Gasteiger partial charge in [0.2, 0.25) is 5.91 Å². The van der Waals surface area contributed by atoms with Crippen molar-refractivity contribution in [3.63, 3.8) is 0 Å². The average molecular weight is 288 g/mol. The number of carbonyl (C=O) groups excluding carboxylic acids is 1. The lowest BCUT2D eigenvalue weighted by atomic mass is 10.1. The maximum Gasteiger partial charge on any atom is 0.232 e. The Hall–Kier alpha value is -1.65. The maximum absolute atomic E-state index is 12.2. The second kappa shape index (κ2) is 7.22. The summed E-state index contributed by atoms with van der Waals surface area (Å²) in [4.78, 5) is 13.3. The molecular weight excluding hydrogens is 268 g/mol. The summed E-state index contributed by atoms with van der Waals surface area (Å²) in [6.07, 6.45) is 0. The van der Waals surface area contributed by atoms with Crippen molar-refractivity contribution in [2.24, 2.45) is 0 Å². The van der Waals surface area contributed by atoms with Gasteiger partial charge in [-0.3, -0.25) is 4.79 Å². The number of rotatable bonds is 6. The molecule has 2 aromatic rings. The molecule has 0 aliphatic carbocycles. The van der Waals surface area contributed by atoms with Crippen molar-refractivity contribution in [1.82, 2.24) is 5.32 Å². The summed E-state index contributed by atoms with van der Waals surface area (Å²) in [5.74, 6) is -0.0829. The number of carbonyl (C=O) groups is 1. The van der Waals surface area contributed by atoms with E-state index in [9.17, 15) is 4.79 Å². The fourth-order valence-corrected chi connectivity index (χ4v) is 2.73. The molecule has 0 saturated heterocycles. The normalized spacial score (nSPS) is 12.1. The zero-order valence-electron chi connectivity index (χ0n) is 11.8. The summed E-state index contributed by atoms with van der Waals surface area (Å²) in [5, 5.41) is 8.26. The van der Waals surface area contributed by atoms with Crippen molar-refractivity contribution in [3.8, 4) is 0 Å². The van der Waals surface area contributed by atoms with Gasteiger partial charge in [-0.05, 0) is 42.6 Å². The first-order chi connectivity index (χ1) is 9.70. The Balaban J connectivity index is 2.00. The van der Waals surface area contributed by atoms with E-state index >= 15 is 0 Å². The maximum atomic E-state index is 12.2. The fourth-order valence-electron chi connectivity index (χ4n) is 1.95. The van der Waals surface area contributed by atoms with E-state index in [2.05, 4.69) is 23.6 Å². The van der Waals surface area contributed by atoms with Crippen LogP contribution in [0.4, 0.5) is 5.69 Å². The van der Waals surface area contributed by atoms with Crippen LogP contribution >= 0.6 is 11.3 Å². The Kier molecular flexibility index (Phi) is 5.32. The summed E-state index contributed by atoms with van der Waals surface area (Å²) < 4.78 is 0. The van der Waals surface area contributed by atoms with Gasteiger partial charge in [0.15, 0.2) is 0 Å². The van der Waals surface area contributed by atoms with E-state index in [0.717, 1.165) is 23.7 Å². The highest BCUT2D eigenvalue weighted by atomic mass is 32.1. The zero-order chi connectivity index (χ0) is 14.4. The van der Waals surface area contributed by atoms with Crippen LogP contribution in [0.25, 0.3) is 0 Å². The molecule has 1 heterocycles. The molecule has 3 nitrogen and oxygen atoms in total. The van der Waals surface area contributed by atoms with Crippen molar-refractivity contribution >= 4 is 22.9 Å². The quantitative estimate of drug-likeness (QED) is 0.852. The van der Waals surface area contributed by atoms with Crippen molar-refractivity contribution < 1.29 is 4.79 Å². The second-order valence-electron chi connectivity index (χ2n) is 4.71. The smallest absolute Gasteiger partial charge is 0.232 e. The van der Waals surface area contributed by atoms with Crippen LogP contribution in [0.2, 0.25) is 0 Å². The first-order valence-corrected chi connectivity index (χ1v) is 7.72. The van der Waals surface area contributed by atoms with E-state index in [1.165, 1.54) is 5.56 Å². The van der Waals surface area contributed by atoms with Gasteiger partial charge in [0.05, 0.1) is 5.92 Å². The standard InChI is InChI=1S/C16H20N2OS/c1-3-17-11-13-6-4-7-14(10-13)18-16(19)12(2)15-8-5-9-20-15/h4-10,12,17H,3,11H2,1-2H3,(H,18,19). The number of anilines is 1. The molecule has 0 fully saturated rings. The molecule has 1 aromatic carbocycles. The lowest BCUT2D eigenvalue weighted by Gasteiger charge is -2.12. The number of hydrogen-bond donors (Lipinski definition) is 2. The number of nitrogens with one attached hydrogen (secondary N) is 2. The van der Waals surface area contributed by atoms with Gasteiger partial charge < -0.3 is 10.6 Å². The highest BCUT2D eigenvalue weighted by Crippen LogP contribution is 2.22. The Labute approximate surface area is 124 Å². The van der Waals surface area contributed by atoms with Crippen LogP contribution in [0.3, 0.4) is 0 Å².